The molecule has 0 saturated carbocycles. The predicted octanol–water partition coefficient (Wildman–Crippen LogP) is 2.64. The molecule has 0 atom stereocenters. The molecule has 0 spiro atoms. The molecule has 21 heavy (non-hydrogen) atoms. The zero-order valence-electron chi connectivity index (χ0n) is 10.3. The molecule has 3 nitrogen and oxygen atoms in total. The van der Waals surface area contributed by atoms with Crippen LogP contribution in [0.15, 0.2) is 17.0 Å². The van der Waals surface area contributed by atoms with E-state index < -0.39 is 37.5 Å². The molecule has 0 unspecified atom stereocenters. The van der Waals surface area contributed by atoms with Gasteiger partial charge in [-0.3, -0.25) is 0 Å². The van der Waals surface area contributed by atoms with Crippen LogP contribution in [0.25, 0.3) is 0 Å². The number of fused-ring (bicyclic) bond motifs is 1. The summed E-state index contributed by atoms with van der Waals surface area (Å²) >= 11 is 0. The van der Waals surface area contributed by atoms with Crippen molar-refractivity contribution in [3.05, 3.63) is 28.8 Å². The molecule has 118 valence electrons. The molecule has 1 aromatic rings. The Morgan fingerprint density at radius 3 is 2.19 bits per heavy atom. The van der Waals surface area contributed by atoms with E-state index in [9.17, 15) is 34.8 Å². The Kier molecular flexibility index (Phi) is 3.73. The maximum atomic E-state index is 13.1. The van der Waals surface area contributed by atoms with Gasteiger partial charge in [0.15, 0.2) is 0 Å². The summed E-state index contributed by atoms with van der Waals surface area (Å²) < 4.78 is 99.7. The number of hydrogen-bond donors (Lipinski definition) is 1. The summed E-state index contributed by atoms with van der Waals surface area (Å²) in [6.07, 6.45) is -5.01. The highest BCUT2D eigenvalue weighted by molar-refractivity contribution is 7.92. The molecule has 1 aliphatic heterocycles. The van der Waals surface area contributed by atoms with E-state index in [1.165, 1.54) is 0 Å². The van der Waals surface area contributed by atoms with Crippen LogP contribution in [-0.4, -0.2) is 20.5 Å². The van der Waals surface area contributed by atoms with Crippen LogP contribution < -0.4 is 5.32 Å². The van der Waals surface area contributed by atoms with Crippen LogP contribution in [0.4, 0.5) is 26.3 Å². The maximum Gasteiger partial charge on any atom is 0.501 e. The molecule has 0 aromatic heterocycles. The monoisotopic (exact) mass is 333 g/mol. The molecule has 1 heterocycles. The van der Waals surface area contributed by atoms with Gasteiger partial charge in [0.25, 0.3) is 9.84 Å². The van der Waals surface area contributed by atoms with Gasteiger partial charge < -0.3 is 5.32 Å². The van der Waals surface area contributed by atoms with Crippen molar-refractivity contribution >= 4 is 9.84 Å². The van der Waals surface area contributed by atoms with E-state index in [0.717, 1.165) is 6.07 Å². The third-order valence-corrected chi connectivity index (χ3v) is 4.65. The van der Waals surface area contributed by atoms with Crippen LogP contribution in [0, 0.1) is 0 Å². The van der Waals surface area contributed by atoms with Crippen LogP contribution >= 0.6 is 0 Å². The van der Waals surface area contributed by atoms with Crippen LogP contribution in [0.1, 0.15) is 16.7 Å². The van der Waals surface area contributed by atoms with Gasteiger partial charge in [0.2, 0.25) is 0 Å². The first-order valence-corrected chi connectivity index (χ1v) is 7.18. The van der Waals surface area contributed by atoms with Crippen molar-refractivity contribution in [2.24, 2.45) is 0 Å². The third-order valence-electron chi connectivity index (χ3n) is 3.12. The molecular formula is C11H9F6NO2S. The van der Waals surface area contributed by atoms with Crippen LogP contribution in [-0.2, 0) is 29.0 Å². The summed E-state index contributed by atoms with van der Waals surface area (Å²) in [5.41, 5.74) is -7.77. The summed E-state index contributed by atoms with van der Waals surface area (Å²) in [5.74, 6) is 0. The van der Waals surface area contributed by atoms with E-state index in [1.807, 2.05) is 0 Å². The van der Waals surface area contributed by atoms with Gasteiger partial charge in [-0.1, -0.05) is 6.07 Å². The van der Waals surface area contributed by atoms with Gasteiger partial charge in [0, 0.05) is 6.54 Å². The lowest BCUT2D eigenvalue weighted by Crippen LogP contribution is -2.31. The molecule has 0 radical (unpaired) electrons. The highest BCUT2D eigenvalue weighted by Crippen LogP contribution is 2.42. The second-order valence-electron chi connectivity index (χ2n) is 4.45. The summed E-state index contributed by atoms with van der Waals surface area (Å²) in [6, 6.07) is 1.39. The Morgan fingerprint density at radius 2 is 1.67 bits per heavy atom. The lowest BCUT2D eigenvalue weighted by Gasteiger charge is -2.24. The molecule has 10 heteroatoms. The molecule has 0 fully saturated rings. The molecule has 0 aliphatic carbocycles. The normalized spacial score (nSPS) is 16.7. The summed E-state index contributed by atoms with van der Waals surface area (Å²) in [5, 5.41) is 2.59. The number of hydrogen-bond acceptors (Lipinski definition) is 3. The lowest BCUT2D eigenvalue weighted by molar-refractivity contribution is -0.140. The van der Waals surface area contributed by atoms with E-state index in [1.54, 1.807) is 0 Å². The molecular weight excluding hydrogens is 324 g/mol. The Bertz CT molecular complexity index is 663. The SMILES string of the molecule is O=S(=O)(c1ccc2c(c1C(F)(F)F)CNCC2)C(F)(F)F. The third kappa shape index (κ3) is 2.73. The average molecular weight is 333 g/mol. The second kappa shape index (κ2) is 4.87. The molecule has 1 aromatic carbocycles. The van der Waals surface area contributed by atoms with Gasteiger partial charge in [0.05, 0.1) is 10.5 Å². The van der Waals surface area contributed by atoms with Gasteiger partial charge in [-0.25, -0.2) is 8.42 Å². The summed E-state index contributed by atoms with van der Waals surface area (Å²) in [7, 11) is -6.07. The molecule has 0 bridgehead atoms. The van der Waals surface area contributed by atoms with Gasteiger partial charge >= 0.3 is 11.7 Å². The van der Waals surface area contributed by atoms with Crippen molar-refractivity contribution in [3.63, 3.8) is 0 Å². The zero-order valence-corrected chi connectivity index (χ0v) is 11.1. The lowest BCUT2D eigenvalue weighted by atomic mass is 9.95. The first-order valence-electron chi connectivity index (χ1n) is 5.70. The van der Waals surface area contributed by atoms with E-state index >= 15 is 0 Å². The zero-order chi connectivity index (χ0) is 16.1. The Balaban J connectivity index is 2.80. The largest absolute Gasteiger partial charge is 0.501 e. The van der Waals surface area contributed by atoms with Gasteiger partial charge in [-0.05, 0) is 30.2 Å². The topological polar surface area (TPSA) is 46.2 Å². The number of rotatable bonds is 1. The fourth-order valence-electron chi connectivity index (χ4n) is 2.20. The number of alkyl halides is 6. The highest BCUT2D eigenvalue weighted by Gasteiger charge is 2.51. The first-order chi connectivity index (χ1) is 9.46. The number of benzene rings is 1. The van der Waals surface area contributed by atoms with Gasteiger partial charge in [-0.2, -0.15) is 26.3 Å². The van der Waals surface area contributed by atoms with E-state index in [0.29, 0.717) is 12.6 Å². The molecule has 0 saturated heterocycles. The average Bonchev–Trinajstić information content (AvgIpc) is 2.34. The molecule has 0 amide bonds. The van der Waals surface area contributed by atoms with E-state index in [4.69, 9.17) is 0 Å². The Labute approximate surface area is 115 Å². The first kappa shape index (κ1) is 16.1. The predicted molar refractivity (Wildman–Crippen MR) is 60.1 cm³/mol. The number of nitrogens with one attached hydrogen (secondary N) is 1. The van der Waals surface area contributed by atoms with Gasteiger partial charge in [-0.15, -0.1) is 0 Å². The van der Waals surface area contributed by atoms with Crippen molar-refractivity contribution in [2.45, 2.75) is 29.5 Å². The Hall–Kier alpha value is -1.29. The quantitative estimate of drug-likeness (QED) is 0.804. The number of halogens is 6. The van der Waals surface area contributed by atoms with Crippen LogP contribution in [0.5, 0.6) is 0 Å². The maximum absolute atomic E-state index is 13.1. The Morgan fingerprint density at radius 1 is 1.05 bits per heavy atom. The van der Waals surface area contributed by atoms with Crippen molar-refractivity contribution in [1.29, 1.82) is 0 Å². The smallest absolute Gasteiger partial charge is 0.312 e. The van der Waals surface area contributed by atoms with Gasteiger partial charge in [0.1, 0.15) is 0 Å². The van der Waals surface area contributed by atoms with Crippen molar-refractivity contribution in [3.8, 4) is 0 Å². The van der Waals surface area contributed by atoms with Crippen molar-refractivity contribution in [1.82, 2.24) is 5.32 Å². The van der Waals surface area contributed by atoms with E-state index in [-0.39, 0.29) is 18.5 Å². The van der Waals surface area contributed by atoms with Crippen LogP contribution in [0.3, 0.4) is 0 Å². The van der Waals surface area contributed by atoms with E-state index in [2.05, 4.69) is 5.32 Å². The second-order valence-corrected chi connectivity index (χ2v) is 6.36. The summed E-state index contributed by atoms with van der Waals surface area (Å²) in [4.78, 5) is -1.75. The fraction of sp³-hybridized carbons (Fsp3) is 0.455. The van der Waals surface area contributed by atoms with Crippen molar-refractivity contribution < 1.29 is 34.8 Å². The minimum Gasteiger partial charge on any atom is -0.312 e. The molecule has 1 N–H and O–H groups in total. The summed E-state index contributed by atoms with van der Waals surface area (Å²) in [6.45, 7) is 0.0427. The standard InChI is InChI=1S/C11H9F6NO2S/c12-10(13,14)9-7-5-18-4-3-6(7)1-2-8(9)21(19,20)11(15,16)17/h1-2,18H,3-5H2. The minimum absolute atomic E-state index is 0.185. The fourth-order valence-corrected chi connectivity index (χ4v) is 3.21. The molecule has 1 aliphatic rings. The number of sulfone groups is 1. The van der Waals surface area contributed by atoms with Crippen LogP contribution in [0.2, 0.25) is 0 Å². The molecule has 2 rings (SSSR count). The highest BCUT2D eigenvalue weighted by atomic mass is 32.2. The van der Waals surface area contributed by atoms with Crippen molar-refractivity contribution in [2.75, 3.05) is 6.54 Å². The minimum atomic E-state index is -6.07.